The molecule has 1 aliphatic rings. The van der Waals surface area contributed by atoms with Crippen LogP contribution in [0.4, 0.5) is 11.6 Å². The smallest absolute Gasteiger partial charge is 0.227 e. The first-order valence-electron chi connectivity index (χ1n) is 8.04. The number of carbonyl (C=O) groups excluding carboxylic acids is 1. The molecular weight excluding hydrogens is 300 g/mol. The number of benzene rings is 2. The van der Waals surface area contributed by atoms with E-state index >= 15 is 0 Å². The Kier molecular flexibility index (Phi) is 3.41. The molecule has 3 aromatic rings. The maximum atomic E-state index is 12.0. The molecule has 0 aliphatic heterocycles. The van der Waals surface area contributed by atoms with Crippen molar-refractivity contribution in [2.24, 2.45) is 5.92 Å². The average molecular weight is 318 g/mol. The van der Waals surface area contributed by atoms with Crippen LogP contribution >= 0.6 is 0 Å². The molecular formula is C19H18N4O. The first-order chi connectivity index (χ1) is 11.6. The zero-order valence-corrected chi connectivity index (χ0v) is 13.4. The maximum Gasteiger partial charge on any atom is 0.227 e. The highest BCUT2D eigenvalue weighted by Crippen LogP contribution is 2.32. The van der Waals surface area contributed by atoms with Crippen LogP contribution in [-0.2, 0) is 4.79 Å². The monoisotopic (exact) mass is 318 g/mol. The molecule has 3 N–H and O–H groups in total. The van der Waals surface area contributed by atoms with Crippen LogP contribution < -0.4 is 11.1 Å². The third-order valence-electron chi connectivity index (χ3n) is 4.38. The fraction of sp³-hybridized carbons (Fsp3) is 0.211. The summed E-state index contributed by atoms with van der Waals surface area (Å²) >= 11 is 0. The van der Waals surface area contributed by atoms with E-state index < -0.39 is 0 Å². The maximum absolute atomic E-state index is 12.0. The van der Waals surface area contributed by atoms with Gasteiger partial charge in [0.25, 0.3) is 0 Å². The largest absolute Gasteiger partial charge is 0.368 e. The van der Waals surface area contributed by atoms with Gasteiger partial charge >= 0.3 is 0 Å². The molecule has 0 bridgehead atoms. The number of nitrogens with two attached hydrogens (primary N) is 1. The van der Waals surface area contributed by atoms with Gasteiger partial charge in [0.05, 0.1) is 5.52 Å². The Bertz CT molecular complexity index is 947. The number of amides is 1. The fourth-order valence-corrected chi connectivity index (χ4v) is 2.74. The number of hydrogen-bond acceptors (Lipinski definition) is 4. The molecule has 0 unspecified atom stereocenters. The third-order valence-corrected chi connectivity index (χ3v) is 4.38. The van der Waals surface area contributed by atoms with Gasteiger partial charge in [-0.3, -0.25) is 4.79 Å². The van der Waals surface area contributed by atoms with Crippen molar-refractivity contribution in [3.05, 3.63) is 48.2 Å². The van der Waals surface area contributed by atoms with Crippen LogP contribution in [0, 0.1) is 12.8 Å². The zero-order chi connectivity index (χ0) is 16.7. The average Bonchev–Trinajstić information content (AvgIpc) is 3.41. The Morgan fingerprint density at radius 1 is 1.17 bits per heavy atom. The molecule has 4 rings (SSSR count). The van der Waals surface area contributed by atoms with Crippen molar-refractivity contribution >= 4 is 28.4 Å². The minimum Gasteiger partial charge on any atom is -0.368 e. The first kappa shape index (κ1) is 14.6. The SMILES string of the molecule is Cc1ccc(-c2ccc3nc(N)ncc3c2)cc1NC(=O)C1CC1. The molecule has 0 spiro atoms. The van der Waals surface area contributed by atoms with E-state index in [1.165, 1.54) is 0 Å². The van der Waals surface area contributed by atoms with Crippen molar-refractivity contribution in [3.63, 3.8) is 0 Å². The van der Waals surface area contributed by atoms with E-state index in [1.54, 1.807) is 6.20 Å². The molecule has 1 saturated carbocycles. The molecule has 0 atom stereocenters. The molecule has 1 amide bonds. The molecule has 1 aliphatic carbocycles. The predicted molar refractivity (Wildman–Crippen MR) is 95.5 cm³/mol. The topological polar surface area (TPSA) is 80.9 Å². The number of aryl methyl sites for hydroxylation is 1. The Morgan fingerprint density at radius 2 is 1.92 bits per heavy atom. The van der Waals surface area contributed by atoms with Crippen molar-refractivity contribution in [2.45, 2.75) is 19.8 Å². The van der Waals surface area contributed by atoms with Gasteiger partial charge in [0.1, 0.15) is 0 Å². The van der Waals surface area contributed by atoms with E-state index in [4.69, 9.17) is 5.73 Å². The number of fused-ring (bicyclic) bond motifs is 1. The number of nitrogen functional groups attached to an aromatic ring is 1. The molecule has 120 valence electrons. The second-order valence-electron chi connectivity index (χ2n) is 6.30. The lowest BCUT2D eigenvalue weighted by atomic mass is 10.0. The van der Waals surface area contributed by atoms with Crippen LogP contribution in [-0.4, -0.2) is 15.9 Å². The van der Waals surface area contributed by atoms with Gasteiger partial charge in [-0.15, -0.1) is 0 Å². The molecule has 1 fully saturated rings. The number of hydrogen-bond donors (Lipinski definition) is 2. The van der Waals surface area contributed by atoms with E-state index in [1.807, 2.05) is 37.3 Å². The lowest BCUT2D eigenvalue weighted by molar-refractivity contribution is -0.117. The Morgan fingerprint density at radius 3 is 2.71 bits per heavy atom. The van der Waals surface area contributed by atoms with Gasteiger partial charge in [-0.1, -0.05) is 18.2 Å². The summed E-state index contributed by atoms with van der Waals surface area (Å²) in [4.78, 5) is 20.3. The summed E-state index contributed by atoms with van der Waals surface area (Å²) in [6.45, 7) is 2.00. The molecule has 0 saturated heterocycles. The lowest BCUT2D eigenvalue weighted by Crippen LogP contribution is -2.14. The summed E-state index contributed by atoms with van der Waals surface area (Å²) in [6, 6.07) is 12.1. The van der Waals surface area contributed by atoms with Gasteiger partial charge in [0, 0.05) is 23.2 Å². The number of nitrogens with zero attached hydrogens (tertiary/aromatic N) is 2. The molecule has 5 heteroatoms. The summed E-state index contributed by atoms with van der Waals surface area (Å²) < 4.78 is 0. The zero-order valence-electron chi connectivity index (χ0n) is 13.4. The predicted octanol–water partition coefficient (Wildman–Crippen LogP) is 3.54. The van der Waals surface area contributed by atoms with Gasteiger partial charge < -0.3 is 11.1 Å². The standard InChI is InChI=1S/C19H18N4O/c1-11-2-3-14(9-17(11)22-18(24)12-4-5-12)13-6-7-16-15(8-13)10-21-19(20)23-16/h2-3,6-10,12H,4-5H2,1H3,(H,22,24)(H2,20,21,23). The Hall–Kier alpha value is -2.95. The molecule has 1 aromatic heterocycles. The molecule has 24 heavy (non-hydrogen) atoms. The number of carbonyl (C=O) groups is 1. The van der Waals surface area contributed by atoms with Gasteiger partial charge in [-0.2, -0.15) is 0 Å². The van der Waals surface area contributed by atoms with E-state index in [0.29, 0.717) is 0 Å². The summed E-state index contributed by atoms with van der Waals surface area (Å²) in [5.41, 5.74) is 10.5. The second kappa shape index (κ2) is 5.60. The number of anilines is 2. The lowest BCUT2D eigenvalue weighted by Gasteiger charge is -2.11. The molecule has 2 aromatic carbocycles. The van der Waals surface area contributed by atoms with E-state index in [0.717, 1.165) is 46.1 Å². The van der Waals surface area contributed by atoms with Crippen molar-refractivity contribution in [1.29, 1.82) is 0 Å². The van der Waals surface area contributed by atoms with Crippen LogP contribution in [0.15, 0.2) is 42.6 Å². The van der Waals surface area contributed by atoms with Crippen molar-refractivity contribution < 1.29 is 4.79 Å². The van der Waals surface area contributed by atoms with Crippen LogP contribution in [0.3, 0.4) is 0 Å². The molecule has 1 heterocycles. The van der Waals surface area contributed by atoms with Crippen LogP contribution in [0.2, 0.25) is 0 Å². The minimum absolute atomic E-state index is 0.123. The summed E-state index contributed by atoms with van der Waals surface area (Å²) in [6.07, 6.45) is 3.72. The molecule has 5 nitrogen and oxygen atoms in total. The Labute approximate surface area is 139 Å². The van der Waals surface area contributed by atoms with Gasteiger partial charge in [0.15, 0.2) is 0 Å². The molecule has 0 radical (unpaired) electrons. The van der Waals surface area contributed by atoms with E-state index in [2.05, 4.69) is 21.4 Å². The van der Waals surface area contributed by atoms with Gasteiger partial charge in [0.2, 0.25) is 11.9 Å². The summed E-state index contributed by atoms with van der Waals surface area (Å²) in [7, 11) is 0. The quantitative estimate of drug-likeness (QED) is 0.774. The summed E-state index contributed by atoms with van der Waals surface area (Å²) in [5.74, 6) is 0.588. The highest BCUT2D eigenvalue weighted by Gasteiger charge is 2.29. The second-order valence-corrected chi connectivity index (χ2v) is 6.30. The van der Waals surface area contributed by atoms with Gasteiger partial charge in [-0.05, 0) is 54.7 Å². The first-order valence-corrected chi connectivity index (χ1v) is 8.04. The number of rotatable bonds is 3. The Balaban J connectivity index is 1.70. The van der Waals surface area contributed by atoms with Crippen molar-refractivity contribution in [3.8, 4) is 11.1 Å². The highest BCUT2D eigenvalue weighted by atomic mass is 16.2. The normalized spacial score (nSPS) is 13.9. The van der Waals surface area contributed by atoms with Crippen LogP contribution in [0.1, 0.15) is 18.4 Å². The number of nitrogens with one attached hydrogen (secondary N) is 1. The van der Waals surface area contributed by atoms with Crippen molar-refractivity contribution in [1.82, 2.24) is 9.97 Å². The van der Waals surface area contributed by atoms with E-state index in [9.17, 15) is 4.79 Å². The van der Waals surface area contributed by atoms with Crippen LogP contribution in [0.5, 0.6) is 0 Å². The van der Waals surface area contributed by atoms with Crippen LogP contribution in [0.25, 0.3) is 22.0 Å². The fourth-order valence-electron chi connectivity index (χ4n) is 2.74. The third kappa shape index (κ3) is 2.80. The number of aromatic nitrogens is 2. The van der Waals surface area contributed by atoms with E-state index in [-0.39, 0.29) is 17.8 Å². The highest BCUT2D eigenvalue weighted by molar-refractivity contribution is 5.95. The summed E-state index contributed by atoms with van der Waals surface area (Å²) in [5, 5.41) is 3.98. The van der Waals surface area contributed by atoms with Gasteiger partial charge in [-0.25, -0.2) is 9.97 Å². The minimum atomic E-state index is 0.123. The van der Waals surface area contributed by atoms with Crippen molar-refractivity contribution in [2.75, 3.05) is 11.1 Å².